The van der Waals surface area contributed by atoms with E-state index in [9.17, 15) is 0 Å². The van der Waals surface area contributed by atoms with E-state index in [1.807, 2.05) is 31.2 Å². The molecule has 1 nitrogen and oxygen atoms in total. The number of rotatable bonds is 1. The first-order valence-electron chi connectivity index (χ1n) is 2.73. The van der Waals surface area contributed by atoms with Crippen LogP contribution in [0.1, 0.15) is 5.56 Å². The van der Waals surface area contributed by atoms with Crippen molar-refractivity contribution in [1.29, 1.82) is 0 Å². The van der Waals surface area contributed by atoms with Crippen LogP contribution in [0.15, 0.2) is 28.6 Å². The summed E-state index contributed by atoms with van der Waals surface area (Å²) in [7, 11) is 0. The average Bonchev–Trinajstić information content (AvgIpc) is 1.90. The van der Waals surface area contributed by atoms with Gasteiger partial charge in [-0.3, -0.25) is 0 Å². The van der Waals surface area contributed by atoms with Gasteiger partial charge in [-0.05, 0) is 19.1 Å². The second-order valence-corrected chi connectivity index (χ2v) is 2.11. The second kappa shape index (κ2) is 2.69. The lowest BCUT2D eigenvalue weighted by Gasteiger charge is -1.89. The fourth-order valence-corrected chi connectivity index (χ4v) is 0.727. The molecular formula is C7H7NS. The van der Waals surface area contributed by atoms with Crippen molar-refractivity contribution in [1.82, 2.24) is 0 Å². The quantitative estimate of drug-likeness (QED) is 0.578. The van der Waals surface area contributed by atoms with Gasteiger partial charge in [-0.25, -0.2) is 0 Å². The molecule has 0 heterocycles. The Morgan fingerprint density at radius 2 is 1.78 bits per heavy atom. The SMILES string of the molecule is Cc1ccc(N=S)cc1. The minimum Gasteiger partial charge on any atom is -0.182 e. The van der Waals surface area contributed by atoms with Gasteiger partial charge in [0.1, 0.15) is 0 Å². The van der Waals surface area contributed by atoms with Crippen LogP contribution in [0.25, 0.3) is 0 Å². The fourth-order valence-electron chi connectivity index (χ4n) is 0.606. The van der Waals surface area contributed by atoms with E-state index in [1.165, 1.54) is 5.56 Å². The van der Waals surface area contributed by atoms with Gasteiger partial charge in [0.15, 0.2) is 0 Å². The van der Waals surface area contributed by atoms with E-state index in [-0.39, 0.29) is 0 Å². The van der Waals surface area contributed by atoms with Crippen LogP contribution in [0.3, 0.4) is 0 Å². The smallest absolute Gasteiger partial charge is 0.0769 e. The third-order valence-corrected chi connectivity index (χ3v) is 1.35. The van der Waals surface area contributed by atoms with Crippen molar-refractivity contribution < 1.29 is 0 Å². The van der Waals surface area contributed by atoms with Crippen LogP contribution < -0.4 is 0 Å². The van der Waals surface area contributed by atoms with Gasteiger partial charge in [0, 0.05) is 12.4 Å². The van der Waals surface area contributed by atoms with Gasteiger partial charge in [0.05, 0.1) is 5.69 Å². The molecule has 0 spiro atoms. The largest absolute Gasteiger partial charge is 0.182 e. The summed E-state index contributed by atoms with van der Waals surface area (Å²) in [5.74, 6) is 0. The molecule has 0 aromatic heterocycles. The average molecular weight is 137 g/mol. The van der Waals surface area contributed by atoms with Crippen LogP contribution in [-0.4, -0.2) is 0 Å². The lowest BCUT2D eigenvalue weighted by atomic mass is 10.2. The zero-order chi connectivity index (χ0) is 6.69. The molecule has 1 rings (SSSR count). The van der Waals surface area contributed by atoms with Gasteiger partial charge in [0.2, 0.25) is 0 Å². The molecule has 0 bridgehead atoms. The van der Waals surface area contributed by atoms with E-state index in [2.05, 4.69) is 16.8 Å². The summed E-state index contributed by atoms with van der Waals surface area (Å²) in [4.78, 5) is 0. The van der Waals surface area contributed by atoms with E-state index in [1.54, 1.807) is 0 Å². The molecule has 0 aliphatic heterocycles. The van der Waals surface area contributed by atoms with Crippen molar-refractivity contribution in [2.75, 3.05) is 0 Å². The van der Waals surface area contributed by atoms with Crippen LogP contribution >= 0.6 is 0 Å². The summed E-state index contributed by atoms with van der Waals surface area (Å²) in [6.45, 7) is 2.03. The molecule has 1 aromatic rings. The molecule has 1 aromatic carbocycles. The highest BCUT2D eigenvalue weighted by Gasteiger charge is 1.84. The third-order valence-electron chi connectivity index (χ3n) is 1.14. The first kappa shape index (κ1) is 6.36. The van der Waals surface area contributed by atoms with Crippen molar-refractivity contribution >= 4 is 18.1 Å². The summed E-state index contributed by atoms with van der Waals surface area (Å²) >= 11 is 4.49. The maximum atomic E-state index is 4.49. The summed E-state index contributed by atoms with van der Waals surface area (Å²) in [6, 6.07) is 7.79. The molecule has 46 valence electrons. The Kier molecular flexibility index (Phi) is 1.90. The molecule has 2 heteroatoms. The standard InChI is InChI=1S/C7H7NS/c1-6-2-4-7(8-9)5-3-6/h2-5H,1H3. The zero-order valence-corrected chi connectivity index (χ0v) is 5.98. The van der Waals surface area contributed by atoms with Gasteiger partial charge >= 0.3 is 0 Å². The Hall–Kier alpha value is -0.760. The van der Waals surface area contributed by atoms with E-state index < -0.39 is 0 Å². The summed E-state index contributed by atoms with van der Waals surface area (Å²) < 4.78 is 3.60. The third kappa shape index (κ3) is 1.57. The number of nitrogens with zero attached hydrogens (tertiary/aromatic N) is 1. The van der Waals surface area contributed by atoms with Crippen LogP contribution in [0, 0.1) is 6.92 Å². The zero-order valence-electron chi connectivity index (χ0n) is 5.16. The van der Waals surface area contributed by atoms with Crippen LogP contribution in [-0.2, 0) is 12.4 Å². The molecule has 9 heavy (non-hydrogen) atoms. The number of hydrogen-bond acceptors (Lipinski definition) is 2. The Morgan fingerprint density at radius 3 is 2.22 bits per heavy atom. The van der Waals surface area contributed by atoms with Crippen LogP contribution in [0.2, 0.25) is 0 Å². The molecule has 0 aliphatic rings. The maximum absolute atomic E-state index is 4.49. The van der Waals surface area contributed by atoms with E-state index in [0.717, 1.165) is 5.69 Å². The minimum absolute atomic E-state index is 0.857. The minimum atomic E-state index is 0.857. The Bertz CT molecular complexity index is 203. The number of benzene rings is 1. The maximum Gasteiger partial charge on any atom is 0.0769 e. The Morgan fingerprint density at radius 1 is 1.22 bits per heavy atom. The molecule has 0 aliphatic carbocycles. The van der Waals surface area contributed by atoms with Crippen LogP contribution in [0.5, 0.6) is 0 Å². The predicted molar refractivity (Wildman–Crippen MR) is 40.6 cm³/mol. The Labute approximate surface area is 59.9 Å². The van der Waals surface area contributed by atoms with Gasteiger partial charge in [-0.2, -0.15) is 4.36 Å². The van der Waals surface area contributed by atoms with Crippen molar-refractivity contribution in [3.63, 3.8) is 0 Å². The van der Waals surface area contributed by atoms with Crippen molar-refractivity contribution in [3.05, 3.63) is 29.8 Å². The highest BCUT2D eigenvalue weighted by atomic mass is 32.1. The normalized spacial score (nSPS) is 9.00. The molecule has 0 fully saturated rings. The van der Waals surface area contributed by atoms with E-state index in [4.69, 9.17) is 0 Å². The molecular weight excluding hydrogens is 130 g/mol. The van der Waals surface area contributed by atoms with Gasteiger partial charge < -0.3 is 0 Å². The lowest BCUT2D eigenvalue weighted by Crippen LogP contribution is -1.66. The van der Waals surface area contributed by atoms with Gasteiger partial charge in [-0.15, -0.1) is 0 Å². The first-order chi connectivity index (χ1) is 4.33. The monoisotopic (exact) mass is 137 g/mol. The van der Waals surface area contributed by atoms with Crippen molar-refractivity contribution in [2.45, 2.75) is 6.92 Å². The molecule has 0 unspecified atom stereocenters. The molecule has 0 radical (unpaired) electrons. The highest BCUT2D eigenvalue weighted by Crippen LogP contribution is 2.10. The predicted octanol–water partition coefficient (Wildman–Crippen LogP) is 2.36. The van der Waals surface area contributed by atoms with E-state index in [0.29, 0.717) is 0 Å². The summed E-state index contributed by atoms with van der Waals surface area (Å²) in [6.07, 6.45) is 0. The van der Waals surface area contributed by atoms with Crippen molar-refractivity contribution in [2.24, 2.45) is 4.36 Å². The fraction of sp³-hybridized carbons (Fsp3) is 0.143. The summed E-state index contributed by atoms with van der Waals surface area (Å²) in [5, 5.41) is 0. The Balaban J connectivity index is 3.01. The molecule has 0 saturated carbocycles. The topological polar surface area (TPSA) is 12.4 Å². The molecule has 0 amide bonds. The lowest BCUT2D eigenvalue weighted by molar-refractivity contribution is 1.45. The van der Waals surface area contributed by atoms with Gasteiger partial charge in [-0.1, -0.05) is 17.7 Å². The second-order valence-electron chi connectivity index (χ2n) is 1.93. The number of aryl methyl sites for hydroxylation is 1. The molecule has 0 atom stereocenters. The van der Waals surface area contributed by atoms with E-state index >= 15 is 0 Å². The first-order valence-corrected chi connectivity index (χ1v) is 3.09. The van der Waals surface area contributed by atoms with Gasteiger partial charge in [0.25, 0.3) is 0 Å². The van der Waals surface area contributed by atoms with Crippen LogP contribution in [0.4, 0.5) is 5.69 Å². The number of hydrogen-bond donors (Lipinski definition) is 0. The molecule has 0 saturated heterocycles. The highest BCUT2D eigenvalue weighted by molar-refractivity contribution is 7.47. The van der Waals surface area contributed by atoms with Crippen molar-refractivity contribution in [3.8, 4) is 0 Å². The summed E-state index contributed by atoms with van der Waals surface area (Å²) in [5.41, 5.74) is 2.09. The molecule has 0 N–H and O–H groups in total.